The summed E-state index contributed by atoms with van der Waals surface area (Å²) in [7, 11) is -1.58. The number of nitrogens with one attached hydrogen (secondary N) is 1. The van der Waals surface area contributed by atoms with Gasteiger partial charge in [0.2, 0.25) is 0 Å². The van der Waals surface area contributed by atoms with Crippen LogP contribution in [0, 0.1) is 0 Å². The van der Waals surface area contributed by atoms with Crippen molar-refractivity contribution in [1.82, 2.24) is 5.32 Å². The second-order valence-electron chi connectivity index (χ2n) is 6.80. The van der Waals surface area contributed by atoms with Crippen molar-refractivity contribution in [3.05, 3.63) is 58.6 Å². The first-order valence-electron chi connectivity index (χ1n) is 9.26. The molecule has 9 heteroatoms. The highest BCUT2D eigenvalue weighted by Crippen LogP contribution is 2.59. The SMILES string of the molecule is CN1c2ccccc2C(NCCCCOCC(=O)O)c2ccc(Cl)cc2S1(O)O. The molecule has 0 bridgehead atoms. The molecule has 0 radical (unpaired) electrons. The standard InChI is InChI=1S/C20H25ClN2O5S/c1-23-17-7-3-2-6-15(17)20(22-10-4-5-11-28-13-19(24)25)16-9-8-14(21)12-18(16)29(23,26)27/h2-3,6-9,12,20,22,26-27H,4-5,10-11,13H2,1H3,(H,24,25). The van der Waals surface area contributed by atoms with Crippen LogP contribution in [0.5, 0.6) is 0 Å². The predicted octanol–water partition coefficient (Wildman–Crippen LogP) is 4.37. The summed E-state index contributed by atoms with van der Waals surface area (Å²) < 4.78 is 28.6. The molecule has 0 fully saturated rings. The van der Waals surface area contributed by atoms with Gasteiger partial charge in [-0.05, 0) is 48.7 Å². The summed E-state index contributed by atoms with van der Waals surface area (Å²) in [5.41, 5.74) is 2.45. The second kappa shape index (κ2) is 9.34. The Balaban J connectivity index is 1.83. The maximum absolute atomic E-state index is 11.0. The van der Waals surface area contributed by atoms with Crippen LogP contribution in [0.15, 0.2) is 47.4 Å². The summed E-state index contributed by atoms with van der Waals surface area (Å²) in [6, 6.07) is 12.6. The molecular formula is C20H25ClN2O5S. The Hall–Kier alpha value is -1.81. The fourth-order valence-electron chi connectivity index (χ4n) is 3.41. The number of carbonyl (C=O) groups is 1. The molecule has 0 aromatic heterocycles. The van der Waals surface area contributed by atoms with Crippen LogP contribution in [0.1, 0.15) is 30.0 Å². The fraction of sp³-hybridized carbons (Fsp3) is 0.350. The number of benzene rings is 2. The average molecular weight is 441 g/mol. The van der Waals surface area contributed by atoms with Gasteiger partial charge >= 0.3 is 5.97 Å². The third-order valence-electron chi connectivity index (χ3n) is 4.84. The van der Waals surface area contributed by atoms with Gasteiger partial charge in [-0.25, -0.2) is 4.79 Å². The van der Waals surface area contributed by atoms with E-state index >= 15 is 0 Å². The zero-order valence-corrected chi connectivity index (χ0v) is 17.6. The first-order chi connectivity index (χ1) is 13.8. The number of carboxylic acid groups (broad SMARTS) is 1. The van der Waals surface area contributed by atoms with Crippen molar-refractivity contribution >= 4 is 34.0 Å². The van der Waals surface area contributed by atoms with E-state index in [1.807, 2.05) is 30.3 Å². The molecule has 7 nitrogen and oxygen atoms in total. The van der Waals surface area contributed by atoms with Crippen LogP contribution in [0.3, 0.4) is 0 Å². The lowest BCUT2D eigenvalue weighted by Crippen LogP contribution is -2.24. The van der Waals surface area contributed by atoms with Crippen molar-refractivity contribution in [3.8, 4) is 0 Å². The number of rotatable bonds is 8. The minimum absolute atomic E-state index is 0.241. The third kappa shape index (κ3) is 4.85. The maximum Gasteiger partial charge on any atom is 0.329 e. The summed E-state index contributed by atoms with van der Waals surface area (Å²) in [4.78, 5) is 10.9. The number of unbranched alkanes of at least 4 members (excludes halogenated alkanes) is 1. The van der Waals surface area contributed by atoms with E-state index in [4.69, 9.17) is 21.4 Å². The van der Waals surface area contributed by atoms with Gasteiger partial charge in [0.05, 0.1) is 16.6 Å². The van der Waals surface area contributed by atoms with Gasteiger partial charge < -0.3 is 15.2 Å². The third-order valence-corrected chi connectivity index (χ3v) is 6.98. The number of carboxylic acids is 1. The number of anilines is 1. The van der Waals surface area contributed by atoms with Gasteiger partial charge in [-0.2, -0.15) is 0 Å². The van der Waals surface area contributed by atoms with Crippen LogP contribution in [-0.4, -0.2) is 47.0 Å². The molecule has 0 spiro atoms. The number of ether oxygens (including phenoxy) is 1. The Kier molecular flexibility index (Phi) is 7.05. The van der Waals surface area contributed by atoms with Gasteiger partial charge in [0.25, 0.3) is 0 Å². The summed E-state index contributed by atoms with van der Waals surface area (Å²) in [5, 5.41) is 12.5. The van der Waals surface area contributed by atoms with E-state index in [0.717, 1.165) is 29.7 Å². The summed E-state index contributed by atoms with van der Waals surface area (Å²) in [6.07, 6.45) is 1.50. The Morgan fingerprint density at radius 1 is 1.21 bits per heavy atom. The summed E-state index contributed by atoms with van der Waals surface area (Å²) in [5.74, 6) is -0.975. The lowest BCUT2D eigenvalue weighted by molar-refractivity contribution is -0.142. The maximum atomic E-state index is 11.0. The predicted molar refractivity (Wildman–Crippen MR) is 115 cm³/mol. The quantitative estimate of drug-likeness (QED) is 0.452. The van der Waals surface area contributed by atoms with E-state index in [9.17, 15) is 13.9 Å². The van der Waals surface area contributed by atoms with Gasteiger partial charge in [-0.1, -0.05) is 46.6 Å². The lowest BCUT2D eigenvalue weighted by Gasteiger charge is -2.41. The van der Waals surface area contributed by atoms with Crippen molar-refractivity contribution in [2.24, 2.45) is 0 Å². The molecule has 3 rings (SSSR count). The molecular weight excluding hydrogens is 416 g/mol. The number of nitrogens with zero attached hydrogens (tertiary/aromatic N) is 1. The second-order valence-corrected chi connectivity index (χ2v) is 9.26. The molecule has 1 heterocycles. The number of hydrogen-bond acceptors (Lipinski definition) is 6. The molecule has 4 N–H and O–H groups in total. The van der Waals surface area contributed by atoms with Crippen molar-refractivity contribution in [3.63, 3.8) is 0 Å². The van der Waals surface area contributed by atoms with Crippen LogP contribution < -0.4 is 9.62 Å². The Morgan fingerprint density at radius 3 is 2.72 bits per heavy atom. The van der Waals surface area contributed by atoms with Gasteiger partial charge in [0.15, 0.2) is 0 Å². The first-order valence-corrected chi connectivity index (χ1v) is 11.1. The van der Waals surface area contributed by atoms with Crippen LogP contribution in [-0.2, 0) is 9.53 Å². The molecule has 2 aromatic carbocycles. The molecule has 0 aliphatic carbocycles. The molecule has 1 atom stereocenters. The monoisotopic (exact) mass is 440 g/mol. The van der Waals surface area contributed by atoms with E-state index in [0.29, 0.717) is 23.1 Å². The van der Waals surface area contributed by atoms with Gasteiger partial charge in [0.1, 0.15) is 6.61 Å². The highest BCUT2D eigenvalue weighted by atomic mass is 35.5. The number of hydrogen-bond donors (Lipinski definition) is 4. The lowest BCUT2D eigenvalue weighted by atomic mass is 9.96. The number of aliphatic carboxylic acids is 1. The minimum atomic E-state index is -3.24. The normalized spacial score (nSPS) is 18.5. The van der Waals surface area contributed by atoms with Crippen LogP contribution in [0.2, 0.25) is 5.02 Å². The van der Waals surface area contributed by atoms with Crippen molar-refractivity contribution in [1.29, 1.82) is 0 Å². The number of halogens is 1. The highest BCUT2D eigenvalue weighted by molar-refractivity contribution is 8.25. The largest absolute Gasteiger partial charge is 0.480 e. The Morgan fingerprint density at radius 2 is 1.97 bits per heavy atom. The summed E-state index contributed by atoms with van der Waals surface area (Å²) in [6.45, 7) is 0.743. The molecule has 0 amide bonds. The molecule has 158 valence electrons. The molecule has 1 aliphatic rings. The van der Waals surface area contributed by atoms with E-state index < -0.39 is 16.7 Å². The fourth-order valence-corrected chi connectivity index (χ4v) is 5.17. The molecule has 2 aromatic rings. The zero-order valence-electron chi connectivity index (χ0n) is 16.0. The molecule has 1 aliphatic heterocycles. The molecule has 0 saturated carbocycles. The van der Waals surface area contributed by atoms with Crippen LogP contribution >= 0.6 is 22.4 Å². The van der Waals surface area contributed by atoms with Crippen molar-refractivity contribution < 1.29 is 23.7 Å². The Bertz CT molecular complexity index is 880. The van der Waals surface area contributed by atoms with E-state index in [1.165, 1.54) is 4.31 Å². The van der Waals surface area contributed by atoms with Crippen molar-refractivity contribution in [2.45, 2.75) is 23.8 Å². The smallest absolute Gasteiger partial charge is 0.329 e. The zero-order chi connectivity index (χ0) is 21.0. The van der Waals surface area contributed by atoms with E-state index in [2.05, 4.69) is 5.32 Å². The van der Waals surface area contributed by atoms with Gasteiger partial charge in [0, 0.05) is 18.7 Å². The topological polar surface area (TPSA) is 102 Å². The minimum Gasteiger partial charge on any atom is -0.480 e. The van der Waals surface area contributed by atoms with E-state index in [-0.39, 0.29) is 12.6 Å². The molecule has 1 unspecified atom stereocenters. The first kappa shape index (κ1) is 21.9. The molecule has 0 saturated heterocycles. The van der Waals surface area contributed by atoms with Crippen LogP contribution in [0.4, 0.5) is 5.69 Å². The number of para-hydroxylation sites is 1. The van der Waals surface area contributed by atoms with Gasteiger partial charge in [-0.3, -0.25) is 13.4 Å². The molecule has 29 heavy (non-hydrogen) atoms. The van der Waals surface area contributed by atoms with Crippen molar-refractivity contribution in [2.75, 3.05) is 31.1 Å². The van der Waals surface area contributed by atoms with Crippen LogP contribution in [0.25, 0.3) is 0 Å². The Labute approximate surface area is 176 Å². The summed E-state index contributed by atoms with van der Waals surface area (Å²) >= 11 is 6.16. The van der Waals surface area contributed by atoms with E-state index in [1.54, 1.807) is 19.2 Å². The van der Waals surface area contributed by atoms with Gasteiger partial charge in [-0.15, -0.1) is 0 Å². The average Bonchev–Trinajstić information content (AvgIpc) is 2.75. The number of fused-ring (bicyclic) bond motifs is 2. The highest BCUT2D eigenvalue weighted by Gasteiger charge is 2.35.